The van der Waals surface area contributed by atoms with Gasteiger partial charge in [-0.1, -0.05) is 0 Å². The zero-order chi connectivity index (χ0) is 19.6. The van der Waals surface area contributed by atoms with E-state index in [-0.39, 0.29) is 22.3 Å². The molecule has 0 saturated carbocycles. The number of hydrogen-bond acceptors (Lipinski definition) is 8. The summed E-state index contributed by atoms with van der Waals surface area (Å²) in [6, 6.07) is 7.69. The minimum Gasteiger partial charge on any atom is -0.395 e. The minimum atomic E-state index is -4.20. The summed E-state index contributed by atoms with van der Waals surface area (Å²) in [4.78, 5) is 21.9. The number of aromatic nitrogens is 2. The average Bonchev–Trinajstić information content (AvgIpc) is 3.12. The van der Waals surface area contributed by atoms with Crippen molar-refractivity contribution < 1.29 is 32.3 Å². The van der Waals surface area contributed by atoms with E-state index in [0.29, 0.717) is 11.4 Å². The number of hydrogen-bond donors (Lipinski definition) is 1. The van der Waals surface area contributed by atoms with Crippen LogP contribution in [0.25, 0.3) is 11.0 Å². The predicted octanol–water partition coefficient (Wildman–Crippen LogP) is 3.59. The molecule has 0 aliphatic rings. The normalized spacial score (nSPS) is 11.4. The van der Waals surface area contributed by atoms with Gasteiger partial charge >= 0.3 is 17.8 Å². The molecule has 0 unspecified atom stereocenters. The highest BCUT2D eigenvalue weighted by Gasteiger charge is 2.34. The Labute approximate surface area is 147 Å². The fourth-order valence-corrected chi connectivity index (χ4v) is 2.17. The first-order valence-corrected chi connectivity index (χ1v) is 7.24. The smallest absolute Gasteiger partial charge is 0.395 e. The van der Waals surface area contributed by atoms with Gasteiger partial charge in [0.1, 0.15) is 0 Å². The van der Waals surface area contributed by atoms with Crippen molar-refractivity contribution >= 4 is 34.1 Å². The van der Waals surface area contributed by atoms with E-state index in [2.05, 4.69) is 25.0 Å². The van der Waals surface area contributed by atoms with E-state index in [1.165, 1.54) is 36.4 Å². The molecule has 0 saturated heterocycles. The Bertz CT molecular complexity index is 1010. The first kappa shape index (κ1) is 18.1. The highest BCUT2D eigenvalue weighted by Crippen LogP contribution is 2.30. The number of anilines is 2. The van der Waals surface area contributed by atoms with Gasteiger partial charge in [-0.15, -0.1) is 0 Å². The highest BCUT2D eigenvalue weighted by molar-refractivity contribution is 5.95. The molecule has 1 aromatic heterocycles. The zero-order valence-corrected chi connectivity index (χ0v) is 13.2. The summed E-state index contributed by atoms with van der Waals surface area (Å²) in [5.41, 5.74) is 0.279. The Morgan fingerprint density at radius 1 is 1.19 bits per heavy atom. The van der Waals surface area contributed by atoms with Gasteiger partial charge in [-0.05, 0) is 40.6 Å². The minimum absolute atomic E-state index is 0.0568. The lowest BCUT2D eigenvalue weighted by molar-refractivity contribution is -0.383. The second kappa shape index (κ2) is 6.90. The number of nitrogens with one attached hydrogen (secondary N) is 1. The van der Waals surface area contributed by atoms with E-state index in [9.17, 15) is 28.1 Å². The summed E-state index contributed by atoms with van der Waals surface area (Å²) >= 11 is 0. The molecule has 0 bridgehead atoms. The number of fused-ring (bicyclic) bond motifs is 1. The molecule has 3 rings (SSSR count). The number of benzene rings is 2. The van der Waals surface area contributed by atoms with Gasteiger partial charge in [0.25, 0.3) is 0 Å². The summed E-state index contributed by atoms with van der Waals surface area (Å²) in [6.45, 7) is -2.12. The maximum Gasteiger partial charge on any atom is 0.429 e. The summed E-state index contributed by atoms with van der Waals surface area (Å²) < 4.78 is 45.8. The molecular weight excluding hydrogens is 373 g/mol. The molecule has 0 fully saturated rings. The summed E-state index contributed by atoms with van der Waals surface area (Å²) in [5.74, 6) is -1.39. The zero-order valence-electron chi connectivity index (χ0n) is 13.2. The van der Waals surface area contributed by atoms with Crippen LogP contribution in [0.3, 0.4) is 0 Å². The average molecular weight is 382 g/mol. The maximum atomic E-state index is 12.8. The third kappa shape index (κ3) is 3.78. The predicted molar refractivity (Wildman–Crippen MR) is 84.5 cm³/mol. The number of nitro benzene ring substituents is 1. The van der Waals surface area contributed by atoms with Crippen LogP contribution in [0, 0.1) is 10.1 Å². The van der Waals surface area contributed by atoms with Crippen LogP contribution in [0.2, 0.25) is 0 Å². The van der Waals surface area contributed by atoms with Crippen molar-refractivity contribution in [3.8, 4) is 0 Å². The third-order valence-electron chi connectivity index (χ3n) is 3.39. The quantitative estimate of drug-likeness (QED) is 0.390. The van der Waals surface area contributed by atoms with Gasteiger partial charge in [0.15, 0.2) is 12.2 Å². The van der Waals surface area contributed by atoms with Gasteiger partial charge in [-0.25, -0.2) is 13.8 Å². The number of ether oxygens (including phenoxy) is 1. The van der Waals surface area contributed by atoms with Crippen LogP contribution in [0.1, 0.15) is 10.4 Å². The number of halogens is 3. The first-order valence-electron chi connectivity index (χ1n) is 7.24. The monoisotopic (exact) mass is 382 g/mol. The van der Waals surface area contributed by atoms with Crippen molar-refractivity contribution in [1.29, 1.82) is 0 Å². The van der Waals surface area contributed by atoms with Crippen LogP contribution in [-0.4, -0.2) is 34.0 Å². The topological polar surface area (TPSA) is 120 Å². The van der Waals surface area contributed by atoms with Crippen LogP contribution in [0.4, 0.5) is 30.2 Å². The molecule has 0 aliphatic heterocycles. The standard InChI is InChI=1S/C15H9F3N4O5/c16-7-15(17,18)26-14(23)8-1-3-9(4-2-8)19-10-5-6-11(22(24)25)13-12(10)20-27-21-13/h1-6,19H,7H2. The first-order chi connectivity index (χ1) is 12.8. The van der Waals surface area contributed by atoms with Gasteiger partial charge in [-0.2, -0.15) is 8.78 Å². The fourth-order valence-electron chi connectivity index (χ4n) is 2.17. The fraction of sp³-hybridized carbons (Fsp3) is 0.133. The Kier molecular flexibility index (Phi) is 4.62. The van der Waals surface area contributed by atoms with Gasteiger partial charge < -0.3 is 10.1 Å². The Morgan fingerprint density at radius 2 is 1.85 bits per heavy atom. The number of non-ortho nitro benzene ring substituents is 1. The van der Waals surface area contributed by atoms with Crippen LogP contribution in [0.15, 0.2) is 41.0 Å². The van der Waals surface area contributed by atoms with Crippen LogP contribution >= 0.6 is 0 Å². The summed E-state index contributed by atoms with van der Waals surface area (Å²) in [7, 11) is 0. The molecular formula is C15H9F3N4O5. The van der Waals surface area contributed by atoms with Gasteiger partial charge in [-0.3, -0.25) is 10.1 Å². The van der Waals surface area contributed by atoms with Gasteiger partial charge in [0, 0.05) is 11.8 Å². The van der Waals surface area contributed by atoms with Crippen molar-refractivity contribution in [3.05, 3.63) is 52.1 Å². The second-order valence-corrected chi connectivity index (χ2v) is 5.21. The van der Waals surface area contributed by atoms with E-state index in [1.807, 2.05) is 0 Å². The van der Waals surface area contributed by atoms with Crippen LogP contribution < -0.4 is 5.32 Å². The summed E-state index contributed by atoms with van der Waals surface area (Å²) in [5, 5.41) is 20.9. The van der Waals surface area contributed by atoms with Crippen LogP contribution in [-0.2, 0) is 4.74 Å². The number of nitrogens with zero attached hydrogens (tertiary/aromatic N) is 3. The molecule has 140 valence electrons. The lowest BCUT2D eigenvalue weighted by Gasteiger charge is -2.13. The van der Waals surface area contributed by atoms with Gasteiger partial charge in [0.2, 0.25) is 5.52 Å². The molecule has 0 atom stereocenters. The maximum absolute atomic E-state index is 12.8. The number of alkyl halides is 3. The molecule has 27 heavy (non-hydrogen) atoms. The molecule has 0 amide bonds. The number of carbonyl (C=O) groups excluding carboxylic acids is 1. The molecule has 3 aromatic rings. The molecule has 9 nitrogen and oxygen atoms in total. The number of rotatable bonds is 6. The van der Waals surface area contributed by atoms with E-state index in [0.717, 1.165) is 0 Å². The summed E-state index contributed by atoms with van der Waals surface area (Å²) in [6.07, 6.45) is -4.20. The number of carbonyl (C=O) groups is 1. The molecule has 2 aromatic carbocycles. The van der Waals surface area contributed by atoms with Crippen molar-refractivity contribution in [2.24, 2.45) is 0 Å². The van der Waals surface area contributed by atoms with Crippen molar-refractivity contribution in [1.82, 2.24) is 10.3 Å². The van der Waals surface area contributed by atoms with E-state index in [4.69, 9.17) is 0 Å². The Morgan fingerprint density at radius 3 is 2.48 bits per heavy atom. The second-order valence-electron chi connectivity index (χ2n) is 5.21. The Hall–Kier alpha value is -3.70. The Balaban J connectivity index is 1.81. The van der Waals surface area contributed by atoms with E-state index >= 15 is 0 Å². The lowest BCUT2D eigenvalue weighted by Crippen LogP contribution is -2.27. The van der Waals surface area contributed by atoms with E-state index in [1.54, 1.807) is 0 Å². The molecule has 12 heteroatoms. The molecule has 0 radical (unpaired) electrons. The van der Waals surface area contributed by atoms with Crippen molar-refractivity contribution in [2.45, 2.75) is 6.11 Å². The number of nitro groups is 1. The van der Waals surface area contributed by atoms with Crippen LogP contribution in [0.5, 0.6) is 0 Å². The largest absolute Gasteiger partial charge is 0.429 e. The molecule has 0 aliphatic carbocycles. The van der Waals surface area contributed by atoms with Gasteiger partial charge in [0.05, 0.1) is 16.2 Å². The van der Waals surface area contributed by atoms with Crippen molar-refractivity contribution in [3.63, 3.8) is 0 Å². The lowest BCUT2D eigenvalue weighted by atomic mass is 10.2. The number of esters is 1. The highest BCUT2D eigenvalue weighted by atomic mass is 19.3. The molecule has 0 spiro atoms. The molecule has 1 heterocycles. The van der Waals surface area contributed by atoms with Crippen molar-refractivity contribution in [2.75, 3.05) is 12.0 Å². The molecule has 1 N–H and O–H groups in total. The van der Waals surface area contributed by atoms with E-state index < -0.39 is 23.7 Å². The SMILES string of the molecule is O=C(OC(F)(F)CF)c1ccc(Nc2ccc([N+](=O)[O-])c3nonc23)cc1. The third-order valence-corrected chi connectivity index (χ3v) is 3.39.